The number of alkyl halides is 3. The van der Waals surface area contributed by atoms with Crippen LogP contribution in [0.4, 0.5) is 24.5 Å². The molecule has 11 heteroatoms. The third kappa shape index (κ3) is 7.96. The summed E-state index contributed by atoms with van der Waals surface area (Å²) in [4.78, 5) is 29.4. The van der Waals surface area contributed by atoms with Crippen molar-refractivity contribution >= 4 is 23.3 Å². The summed E-state index contributed by atoms with van der Waals surface area (Å²) in [6.07, 6.45) is -3.83. The van der Waals surface area contributed by atoms with Gasteiger partial charge in [0.05, 0.1) is 37.5 Å². The Morgan fingerprint density at radius 1 is 1.02 bits per heavy atom. The fraction of sp³-hybridized carbons (Fsp3) is 0.412. The number of hydrogen-bond acceptors (Lipinski definition) is 6. The second-order valence-corrected chi connectivity index (χ2v) is 11.6. The molecule has 1 atom stereocenters. The van der Waals surface area contributed by atoms with Crippen LogP contribution in [0.25, 0.3) is 0 Å². The normalized spacial score (nSPS) is 17.4. The molecule has 0 aliphatic carbocycles. The highest BCUT2D eigenvalue weighted by Gasteiger charge is 2.37. The number of carbonyl (C=O) groups excluding carboxylic acids is 1. The number of aliphatic carboxylic acids is 1. The molecule has 0 spiro atoms. The Balaban J connectivity index is 1.38. The molecule has 5 rings (SSSR count). The molecule has 1 amide bonds. The molecule has 2 heterocycles. The van der Waals surface area contributed by atoms with Crippen molar-refractivity contribution in [1.82, 2.24) is 4.90 Å². The Morgan fingerprint density at radius 3 is 2.36 bits per heavy atom. The maximum atomic E-state index is 14.5. The van der Waals surface area contributed by atoms with Crippen LogP contribution < -0.4 is 15.0 Å². The lowest BCUT2D eigenvalue weighted by Gasteiger charge is -2.32. The van der Waals surface area contributed by atoms with E-state index in [4.69, 9.17) is 9.47 Å². The van der Waals surface area contributed by atoms with E-state index in [1.54, 1.807) is 26.0 Å². The topological polar surface area (TPSA) is 91.3 Å². The zero-order valence-electron chi connectivity index (χ0n) is 25.5. The maximum Gasteiger partial charge on any atom is 0.418 e. The number of ether oxygens (including phenoxy) is 2. The summed E-state index contributed by atoms with van der Waals surface area (Å²) in [6, 6.07) is 15.5. The first-order valence-electron chi connectivity index (χ1n) is 15.1. The van der Waals surface area contributed by atoms with Crippen LogP contribution in [0.3, 0.4) is 0 Å². The molecule has 2 aliphatic rings. The van der Waals surface area contributed by atoms with E-state index in [0.29, 0.717) is 56.2 Å². The number of halogens is 3. The van der Waals surface area contributed by atoms with Crippen molar-refractivity contribution in [2.75, 3.05) is 56.2 Å². The summed E-state index contributed by atoms with van der Waals surface area (Å²) in [5.41, 5.74) is 1.39. The van der Waals surface area contributed by atoms with Gasteiger partial charge in [-0.05, 0) is 66.8 Å². The van der Waals surface area contributed by atoms with Crippen molar-refractivity contribution in [3.63, 3.8) is 0 Å². The second kappa shape index (κ2) is 13.9. The van der Waals surface area contributed by atoms with E-state index in [9.17, 15) is 27.9 Å². The third-order valence-corrected chi connectivity index (χ3v) is 8.42. The number of hydrogen-bond donors (Lipinski definition) is 2. The number of aryl methyl sites for hydroxylation is 2. The number of carbonyl (C=O) groups is 2. The number of nitrogens with zero attached hydrogens (tertiary/aromatic N) is 2. The Morgan fingerprint density at radius 2 is 1.71 bits per heavy atom. The van der Waals surface area contributed by atoms with Gasteiger partial charge in [-0.1, -0.05) is 30.3 Å². The number of nitrogens with one attached hydrogen (secondary N) is 1. The Hall–Kier alpha value is -4.09. The average Bonchev–Trinajstić information content (AvgIpc) is 3.47. The van der Waals surface area contributed by atoms with E-state index in [1.807, 2.05) is 35.2 Å². The summed E-state index contributed by atoms with van der Waals surface area (Å²) < 4.78 is 54.7. The fourth-order valence-electron chi connectivity index (χ4n) is 6.25. The predicted octanol–water partition coefficient (Wildman–Crippen LogP) is 5.73. The van der Waals surface area contributed by atoms with E-state index < -0.39 is 35.7 Å². The van der Waals surface area contributed by atoms with Gasteiger partial charge in [-0.15, -0.1) is 0 Å². The van der Waals surface area contributed by atoms with Crippen LogP contribution in [-0.2, 0) is 28.5 Å². The first-order valence-corrected chi connectivity index (χ1v) is 15.1. The van der Waals surface area contributed by atoms with Gasteiger partial charge in [-0.2, -0.15) is 13.2 Å². The largest absolute Gasteiger partial charge is 0.493 e. The molecule has 2 aliphatic heterocycles. The predicted molar refractivity (Wildman–Crippen MR) is 165 cm³/mol. The molecule has 240 valence electrons. The van der Waals surface area contributed by atoms with Gasteiger partial charge in [0.1, 0.15) is 5.75 Å². The van der Waals surface area contributed by atoms with Crippen LogP contribution in [0, 0.1) is 13.8 Å². The van der Waals surface area contributed by atoms with Crippen LogP contribution in [0.2, 0.25) is 0 Å². The van der Waals surface area contributed by atoms with Gasteiger partial charge < -0.3 is 24.8 Å². The van der Waals surface area contributed by atoms with Crippen molar-refractivity contribution < 1.29 is 37.3 Å². The second-order valence-electron chi connectivity index (χ2n) is 11.6. The lowest BCUT2D eigenvalue weighted by Crippen LogP contribution is -2.44. The van der Waals surface area contributed by atoms with Gasteiger partial charge >= 0.3 is 12.1 Å². The first-order chi connectivity index (χ1) is 21.5. The Kier molecular flexibility index (Phi) is 9.99. The summed E-state index contributed by atoms with van der Waals surface area (Å²) in [5, 5.41) is 12.1. The monoisotopic (exact) mass is 625 g/mol. The van der Waals surface area contributed by atoms with Gasteiger partial charge in [0, 0.05) is 49.9 Å². The molecule has 3 aromatic carbocycles. The standard InChI is InChI=1S/C34H38F3N3O5/c1-22-16-27(45-13-9-24-6-4-3-5-7-24)17-23(2)32(22)33(43)38-29-18-25(19-31(41)42)30(20-28(29)34(35,36)37)40-10-8-26(21-40)39-11-14-44-15-12-39/h3-7,16-18,20,26H,8-15,19,21H2,1-2H3,(H,38,43)(H,41,42). The molecule has 1 unspecified atom stereocenters. The maximum absolute atomic E-state index is 14.5. The fourth-order valence-corrected chi connectivity index (χ4v) is 6.25. The van der Waals surface area contributed by atoms with E-state index in [2.05, 4.69) is 10.2 Å². The first kappa shape index (κ1) is 32.3. The summed E-state index contributed by atoms with van der Waals surface area (Å²) in [5.74, 6) is -1.33. The molecule has 3 aromatic rings. The zero-order valence-corrected chi connectivity index (χ0v) is 25.5. The quantitative estimate of drug-likeness (QED) is 0.297. The van der Waals surface area contributed by atoms with Gasteiger partial charge in [0.25, 0.3) is 5.91 Å². The zero-order chi connectivity index (χ0) is 32.1. The van der Waals surface area contributed by atoms with Crippen LogP contribution in [0.15, 0.2) is 54.6 Å². The lowest BCUT2D eigenvalue weighted by molar-refractivity contribution is -0.137. The molecule has 0 aromatic heterocycles. The molecule has 0 saturated carbocycles. The highest BCUT2D eigenvalue weighted by atomic mass is 19.4. The van der Waals surface area contributed by atoms with Crippen molar-refractivity contribution in [1.29, 1.82) is 0 Å². The number of carboxylic acids is 1. The van der Waals surface area contributed by atoms with Crippen LogP contribution in [0.5, 0.6) is 5.75 Å². The number of anilines is 2. The van der Waals surface area contributed by atoms with Gasteiger partial charge in [0.2, 0.25) is 0 Å². The highest BCUT2D eigenvalue weighted by molar-refractivity contribution is 6.07. The summed E-state index contributed by atoms with van der Waals surface area (Å²) in [6.45, 7) is 7.52. The Bertz CT molecular complexity index is 1500. The highest BCUT2D eigenvalue weighted by Crippen LogP contribution is 2.41. The minimum absolute atomic E-state index is 0.136. The molecular weight excluding hydrogens is 587 g/mol. The average molecular weight is 626 g/mol. The van der Waals surface area contributed by atoms with Gasteiger partial charge in [0.15, 0.2) is 0 Å². The number of benzene rings is 3. The molecule has 0 bridgehead atoms. The SMILES string of the molecule is Cc1cc(OCCc2ccccc2)cc(C)c1C(=O)Nc1cc(CC(=O)O)c(N2CCC(N3CCOCC3)C2)cc1C(F)(F)F. The summed E-state index contributed by atoms with van der Waals surface area (Å²) in [7, 11) is 0. The van der Waals surface area contributed by atoms with Crippen molar-refractivity contribution in [3.8, 4) is 5.75 Å². The molecule has 0 radical (unpaired) electrons. The van der Waals surface area contributed by atoms with E-state index in [-0.39, 0.29) is 22.9 Å². The minimum Gasteiger partial charge on any atom is -0.493 e. The van der Waals surface area contributed by atoms with Crippen molar-refractivity contribution in [2.24, 2.45) is 0 Å². The number of amides is 1. The molecule has 2 saturated heterocycles. The van der Waals surface area contributed by atoms with Crippen LogP contribution >= 0.6 is 0 Å². The number of carboxylic acid groups (broad SMARTS) is 1. The van der Waals surface area contributed by atoms with Crippen LogP contribution in [0.1, 0.15) is 44.6 Å². The lowest BCUT2D eigenvalue weighted by atomic mass is 9.99. The van der Waals surface area contributed by atoms with E-state index in [1.165, 1.54) is 0 Å². The Labute approximate surface area is 260 Å². The molecule has 2 fully saturated rings. The molecule has 45 heavy (non-hydrogen) atoms. The third-order valence-electron chi connectivity index (χ3n) is 8.42. The van der Waals surface area contributed by atoms with Crippen molar-refractivity contribution in [3.05, 3.63) is 88.0 Å². The van der Waals surface area contributed by atoms with Crippen LogP contribution in [-0.4, -0.2) is 73.9 Å². The van der Waals surface area contributed by atoms with Gasteiger partial charge in [-0.25, -0.2) is 0 Å². The van der Waals surface area contributed by atoms with E-state index in [0.717, 1.165) is 37.2 Å². The smallest absolute Gasteiger partial charge is 0.418 e. The summed E-state index contributed by atoms with van der Waals surface area (Å²) >= 11 is 0. The van der Waals surface area contributed by atoms with Crippen molar-refractivity contribution in [2.45, 2.75) is 45.3 Å². The molecule has 8 nitrogen and oxygen atoms in total. The minimum atomic E-state index is -4.79. The number of rotatable bonds is 10. The van der Waals surface area contributed by atoms with E-state index >= 15 is 0 Å². The molecule has 2 N–H and O–H groups in total. The number of morpholine rings is 1. The van der Waals surface area contributed by atoms with Gasteiger partial charge in [-0.3, -0.25) is 14.5 Å². The molecular formula is C34H38F3N3O5.